The second-order valence-corrected chi connectivity index (χ2v) is 5.73. The van der Waals surface area contributed by atoms with Crippen molar-refractivity contribution in [1.82, 2.24) is 0 Å². The lowest BCUT2D eigenvalue weighted by Gasteiger charge is -2.10. The zero-order valence-corrected chi connectivity index (χ0v) is 13.5. The molecule has 1 amide bonds. The van der Waals surface area contributed by atoms with Crippen LogP contribution in [-0.4, -0.2) is 12.5 Å². The number of carbonyl (C=O) groups excluding carboxylic acids is 1. The van der Waals surface area contributed by atoms with Crippen molar-refractivity contribution in [3.05, 3.63) is 56.5 Å². The third-order valence-electron chi connectivity index (χ3n) is 2.43. The number of amides is 1. The smallest absolute Gasteiger partial charge is 0.262 e. The predicted octanol–water partition coefficient (Wildman–Crippen LogP) is 5.32. The largest absolute Gasteiger partial charge is 0.484 e. The van der Waals surface area contributed by atoms with Crippen LogP contribution in [0.3, 0.4) is 0 Å². The van der Waals surface area contributed by atoms with Crippen LogP contribution in [0.2, 0.25) is 20.1 Å². The number of ether oxygens (including phenoxy) is 1. The van der Waals surface area contributed by atoms with Crippen LogP contribution >= 0.6 is 46.4 Å². The van der Waals surface area contributed by atoms with Crippen molar-refractivity contribution in [2.75, 3.05) is 11.9 Å². The molecule has 0 atom stereocenters. The van der Waals surface area contributed by atoms with Crippen molar-refractivity contribution in [2.45, 2.75) is 0 Å². The van der Waals surface area contributed by atoms with Crippen LogP contribution in [0.1, 0.15) is 0 Å². The maximum Gasteiger partial charge on any atom is 0.262 e. The third kappa shape index (κ3) is 4.68. The molecular formula is C14H9Cl4NO2. The highest BCUT2D eigenvalue weighted by Crippen LogP contribution is 2.29. The summed E-state index contributed by atoms with van der Waals surface area (Å²) < 4.78 is 5.31. The summed E-state index contributed by atoms with van der Waals surface area (Å²) in [6, 6.07) is 9.62. The van der Waals surface area contributed by atoms with Crippen LogP contribution in [0.5, 0.6) is 5.75 Å². The van der Waals surface area contributed by atoms with E-state index in [0.29, 0.717) is 31.5 Å². The molecular weight excluding hydrogens is 356 g/mol. The minimum atomic E-state index is -0.402. The fourth-order valence-corrected chi connectivity index (χ4v) is 2.55. The molecule has 0 aliphatic rings. The van der Waals surface area contributed by atoms with Crippen LogP contribution in [0.25, 0.3) is 0 Å². The highest BCUT2D eigenvalue weighted by atomic mass is 35.5. The maximum absolute atomic E-state index is 11.8. The fourth-order valence-electron chi connectivity index (χ4n) is 1.55. The first-order valence-corrected chi connectivity index (χ1v) is 7.29. The molecule has 2 aromatic rings. The summed E-state index contributed by atoms with van der Waals surface area (Å²) in [6.07, 6.45) is 0. The molecule has 0 saturated carbocycles. The molecule has 2 rings (SSSR count). The molecule has 110 valence electrons. The van der Waals surface area contributed by atoms with Crippen molar-refractivity contribution in [3.8, 4) is 5.75 Å². The predicted molar refractivity (Wildman–Crippen MR) is 87.0 cm³/mol. The minimum Gasteiger partial charge on any atom is -0.484 e. The van der Waals surface area contributed by atoms with Gasteiger partial charge in [-0.3, -0.25) is 4.79 Å². The zero-order valence-electron chi connectivity index (χ0n) is 10.5. The van der Waals surface area contributed by atoms with Gasteiger partial charge in [-0.15, -0.1) is 0 Å². The van der Waals surface area contributed by atoms with Gasteiger partial charge in [0.15, 0.2) is 6.61 Å². The van der Waals surface area contributed by atoms with E-state index in [1.165, 1.54) is 0 Å². The number of hydrogen-bond donors (Lipinski definition) is 1. The topological polar surface area (TPSA) is 38.3 Å². The molecule has 0 aliphatic carbocycles. The second kappa shape index (κ2) is 7.23. The highest BCUT2D eigenvalue weighted by Gasteiger charge is 2.10. The van der Waals surface area contributed by atoms with Gasteiger partial charge in [-0.05, 0) is 30.3 Å². The lowest BCUT2D eigenvalue weighted by molar-refractivity contribution is -0.118. The van der Waals surface area contributed by atoms with Gasteiger partial charge in [-0.2, -0.15) is 0 Å². The monoisotopic (exact) mass is 363 g/mol. The molecule has 0 bridgehead atoms. The van der Waals surface area contributed by atoms with Crippen molar-refractivity contribution in [2.24, 2.45) is 0 Å². The molecule has 0 aliphatic heterocycles. The number of anilines is 1. The van der Waals surface area contributed by atoms with Crippen molar-refractivity contribution in [1.29, 1.82) is 0 Å². The molecule has 0 spiro atoms. The Hall–Kier alpha value is -1.13. The average Bonchev–Trinajstić information content (AvgIpc) is 2.40. The summed E-state index contributed by atoms with van der Waals surface area (Å²) in [5, 5.41) is 4.13. The normalized spacial score (nSPS) is 10.3. The summed E-state index contributed by atoms with van der Waals surface area (Å²) in [5.74, 6) is -0.00555. The first-order chi connectivity index (χ1) is 9.95. The zero-order chi connectivity index (χ0) is 15.4. The van der Waals surface area contributed by atoms with E-state index in [1.54, 1.807) is 36.4 Å². The number of para-hydroxylation sites is 1. The number of rotatable bonds is 4. The number of benzene rings is 2. The third-order valence-corrected chi connectivity index (χ3v) is 3.50. The van der Waals surface area contributed by atoms with Gasteiger partial charge in [0.2, 0.25) is 0 Å². The summed E-state index contributed by atoms with van der Waals surface area (Å²) in [5.41, 5.74) is 0.346. The summed E-state index contributed by atoms with van der Waals surface area (Å²) >= 11 is 23.6. The van der Waals surface area contributed by atoms with E-state index in [4.69, 9.17) is 51.1 Å². The molecule has 0 heterocycles. The van der Waals surface area contributed by atoms with Crippen molar-refractivity contribution in [3.63, 3.8) is 0 Å². The lowest BCUT2D eigenvalue weighted by atomic mass is 10.3. The summed E-state index contributed by atoms with van der Waals surface area (Å²) in [4.78, 5) is 11.8. The van der Waals surface area contributed by atoms with E-state index in [0.717, 1.165) is 0 Å². The average molecular weight is 365 g/mol. The standard InChI is InChI=1S/C14H9Cl4NO2/c15-8-4-9(16)6-10(5-8)21-7-13(20)19-14-11(17)2-1-3-12(14)18/h1-6H,7H2,(H,19,20). The number of hydrogen-bond acceptors (Lipinski definition) is 2. The number of nitrogens with one attached hydrogen (secondary N) is 1. The van der Waals surface area contributed by atoms with Gasteiger partial charge >= 0.3 is 0 Å². The van der Waals surface area contributed by atoms with Gasteiger partial charge in [-0.1, -0.05) is 52.5 Å². The van der Waals surface area contributed by atoms with E-state index in [2.05, 4.69) is 5.32 Å². The van der Waals surface area contributed by atoms with Crippen molar-refractivity contribution >= 4 is 58.0 Å². The molecule has 0 aromatic heterocycles. The first-order valence-electron chi connectivity index (χ1n) is 5.78. The highest BCUT2D eigenvalue weighted by molar-refractivity contribution is 6.39. The van der Waals surface area contributed by atoms with Gasteiger partial charge in [0.05, 0.1) is 15.7 Å². The number of carbonyl (C=O) groups is 1. The Kier molecular flexibility index (Phi) is 5.59. The van der Waals surface area contributed by atoms with Crippen LogP contribution < -0.4 is 10.1 Å². The molecule has 21 heavy (non-hydrogen) atoms. The Morgan fingerprint density at radius 1 is 1.00 bits per heavy atom. The van der Waals surface area contributed by atoms with Crippen molar-refractivity contribution < 1.29 is 9.53 Å². The molecule has 2 aromatic carbocycles. The molecule has 7 heteroatoms. The van der Waals surface area contributed by atoms with Crippen LogP contribution in [-0.2, 0) is 4.79 Å². The molecule has 0 saturated heterocycles. The Morgan fingerprint density at radius 3 is 2.14 bits per heavy atom. The molecule has 1 N–H and O–H groups in total. The van der Waals surface area contributed by atoms with E-state index in [9.17, 15) is 4.79 Å². The fraction of sp³-hybridized carbons (Fsp3) is 0.0714. The Balaban J connectivity index is 1.99. The van der Waals surface area contributed by atoms with E-state index < -0.39 is 5.91 Å². The Bertz CT molecular complexity index is 636. The summed E-state index contributed by atoms with van der Waals surface area (Å²) in [6.45, 7) is -0.224. The van der Waals surface area contributed by atoms with Crippen LogP contribution in [0.15, 0.2) is 36.4 Å². The second-order valence-electron chi connectivity index (χ2n) is 4.04. The van der Waals surface area contributed by atoms with Crippen LogP contribution in [0, 0.1) is 0 Å². The SMILES string of the molecule is O=C(COc1cc(Cl)cc(Cl)c1)Nc1c(Cl)cccc1Cl. The molecule has 0 unspecified atom stereocenters. The van der Waals surface area contributed by atoms with Gasteiger partial charge in [0.25, 0.3) is 5.91 Å². The van der Waals surface area contributed by atoms with Gasteiger partial charge in [0.1, 0.15) is 5.75 Å². The minimum absolute atomic E-state index is 0.224. The van der Waals surface area contributed by atoms with Gasteiger partial charge in [-0.25, -0.2) is 0 Å². The maximum atomic E-state index is 11.8. The quantitative estimate of drug-likeness (QED) is 0.797. The Morgan fingerprint density at radius 2 is 1.57 bits per heavy atom. The van der Waals surface area contributed by atoms with Gasteiger partial charge < -0.3 is 10.1 Å². The molecule has 0 radical (unpaired) electrons. The number of halogens is 4. The van der Waals surface area contributed by atoms with Crippen LogP contribution in [0.4, 0.5) is 5.69 Å². The Labute approximate surface area is 141 Å². The lowest BCUT2D eigenvalue weighted by Crippen LogP contribution is -2.20. The van der Waals surface area contributed by atoms with E-state index >= 15 is 0 Å². The molecule has 0 fully saturated rings. The van der Waals surface area contributed by atoms with Gasteiger partial charge in [0, 0.05) is 10.0 Å². The van der Waals surface area contributed by atoms with E-state index in [1.807, 2.05) is 0 Å². The van der Waals surface area contributed by atoms with E-state index in [-0.39, 0.29) is 6.61 Å². The first kappa shape index (κ1) is 16.2. The summed E-state index contributed by atoms with van der Waals surface area (Å²) in [7, 11) is 0. The molecule has 3 nitrogen and oxygen atoms in total.